The van der Waals surface area contributed by atoms with Crippen LogP contribution in [-0.4, -0.2) is 17.8 Å². The van der Waals surface area contributed by atoms with Crippen molar-refractivity contribution < 1.29 is 32.3 Å². The third-order valence-corrected chi connectivity index (χ3v) is 4.19. The molecule has 6 nitrogen and oxygen atoms in total. The fourth-order valence-corrected chi connectivity index (χ4v) is 2.81. The molecule has 1 heterocycles. The Morgan fingerprint density at radius 2 is 1.72 bits per heavy atom. The Hall–Kier alpha value is -3.33. The molecule has 10 heteroatoms. The van der Waals surface area contributed by atoms with E-state index in [0.29, 0.717) is 0 Å². The number of rotatable bonds is 4. The first-order chi connectivity index (χ1) is 13.6. The zero-order chi connectivity index (χ0) is 21.3. The maximum Gasteiger partial charge on any atom is 0.416 e. The molecule has 0 unspecified atom stereocenters. The monoisotopic (exact) mass is 424 g/mol. The van der Waals surface area contributed by atoms with E-state index in [2.05, 4.69) is 5.32 Å². The van der Waals surface area contributed by atoms with Crippen LogP contribution in [0, 0.1) is 0 Å². The van der Waals surface area contributed by atoms with E-state index in [1.807, 2.05) is 0 Å². The highest BCUT2D eigenvalue weighted by molar-refractivity contribution is 6.53. The van der Waals surface area contributed by atoms with Crippen molar-refractivity contribution >= 4 is 40.8 Å². The quantitative estimate of drug-likeness (QED) is 0.455. The second kappa shape index (κ2) is 7.59. The van der Waals surface area contributed by atoms with Gasteiger partial charge in [0.25, 0.3) is 11.8 Å². The van der Waals surface area contributed by atoms with Gasteiger partial charge in [0.2, 0.25) is 0 Å². The van der Waals surface area contributed by atoms with Crippen LogP contribution in [0.15, 0.2) is 59.3 Å². The normalized spacial score (nSPS) is 14.4. The third-order valence-electron chi connectivity index (χ3n) is 3.84. The van der Waals surface area contributed by atoms with Gasteiger partial charge in [0.15, 0.2) is 0 Å². The van der Waals surface area contributed by atoms with E-state index < -0.39 is 34.6 Å². The number of halogens is 4. The lowest BCUT2D eigenvalue weighted by molar-refractivity contribution is -0.137. The molecule has 2 amide bonds. The largest absolute Gasteiger partial charge is 0.427 e. The SMILES string of the molecule is CC(=O)Oc1ccc(N2C(=O)C(Cl)=C(Nc3cccc(C(F)(F)F)c3)C2=O)cc1. The molecular weight excluding hydrogens is 413 g/mol. The second-order valence-corrected chi connectivity index (χ2v) is 6.30. The maximum absolute atomic E-state index is 12.9. The number of esters is 1. The molecule has 29 heavy (non-hydrogen) atoms. The van der Waals surface area contributed by atoms with E-state index >= 15 is 0 Å². The highest BCUT2D eigenvalue weighted by atomic mass is 35.5. The molecule has 0 saturated heterocycles. The maximum atomic E-state index is 12.9. The summed E-state index contributed by atoms with van der Waals surface area (Å²) in [5, 5.41) is 2.03. The average molecular weight is 425 g/mol. The van der Waals surface area contributed by atoms with Crippen molar-refractivity contribution in [1.82, 2.24) is 0 Å². The smallest absolute Gasteiger partial charge is 0.416 e. The summed E-state index contributed by atoms with van der Waals surface area (Å²) in [6, 6.07) is 9.63. The van der Waals surface area contributed by atoms with Gasteiger partial charge in [-0.25, -0.2) is 4.90 Å². The van der Waals surface area contributed by atoms with Crippen molar-refractivity contribution in [3.63, 3.8) is 0 Å². The third kappa shape index (κ3) is 4.24. The van der Waals surface area contributed by atoms with E-state index in [1.165, 1.54) is 37.3 Å². The first-order valence-electron chi connectivity index (χ1n) is 8.09. The van der Waals surface area contributed by atoms with E-state index in [1.54, 1.807) is 0 Å². The highest BCUT2D eigenvalue weighted by Crippen LogP contribution is 2.33. The van der Waals surface area contributed by atoms with Crippen molar-refractivity contribution in [3.8, 4) is 5.75 Å². The lowest BCUT2D eigenvalue weighted by atomic mass is 10.2. The number of carbonyl (C=O) groups excluding carboxylic acids is 3. The Bertz CT molecular complexity index is 1030. The van der Waals surface area contributed by atoms with Gasteiger partial charge in [-0.3, -0.25) is 14.4 Å². The van der Waals surface area contributed by atoms with E-state index in [9.17, 15) is 27.6 Å². The minimum Gasteiger partial charge on any atom is -0.427 e. The zero-order valence-electron chi connectivity index (χ0n) is 14.7. The molecule has 150 valence electrons. The van der Waals surface area contributed by atoms with Crippen LogP contribution in [0.25, 0.3) is 0 Å². The molecule has 1 aliphatic rings. The lowest BCUT2D eigenvalue weighted by Crippen LogP contribution is -2.32. The molecule has 2 aromatic rings. The second-order valence-electron chi connectivity index (χ2n) is 5.93. The van der Waals surface area contributed by atoms with Crippen LogP contribution >= 0.6 is 11.6 Å². The van der Waals surface area contributed by atoms with Crippen LogP contribution in [-0.2, 0) is 20.6 Å². The molecule has 0 bridgehead atoms. The van der Waals surface area contributed by atoms with Crippen molar-refractivity contribution in [2.24, 2.45) is 0 Å². The van der Waals surface area contributed by atoms with Crippen molar-refractivity contribution in [3.05, 3.63) is 64.8 Å². The fraction of sp³-hybridized carbons (Fsp3) is 0.105. The van der Waals surface area contributed by atoms with Gasteiger partial charge in [0.05, 0.1) is 11.3 Å². The summed E-state index contributed by atoms with van der Waals surface area (Å²) in [6.07, 6.45) is -4.57. The van der Waals surface area contributed by atoms with Gasteiger partial charge in [-0.2, -0.15) is 13.2 Å². The topological polar surface area (TPSA) is 75.7 Å². The van der Waals surface area contributed by atoms with Gasteiger partial charge >= 0.3 is 12.1 Å². The fourth-order valence-electron chi connectivity index (χ4n) is 2.59. The number of alkyl halides is 3. The minimum absolute atomic E-state index is 0.0545. The highest BCUT2D eigenvalue weighted by Gasteiger charge is 2.39. The first kappa shape index (κ1) is 20.4. The molecule has 0 aromatic heterocycles. The molecule has 1 N–H and O–H groups in total. The summed E-state index contributed by atoms with van der Waals surface area (Å²) in [6.45, 7) is 1.22. The number of carbonyl (C=O) groups is 3. The number of nitrogens with zero attached hydrogens (tertiary/aromatic N) is 1. The van der Waals surface area contributed by atoms with Gasteiger partial charge < -0.3 is 10.1 Å². The van der Waals surface area contributed by atoms with E-state index in [4.69, 9.17) is 16.3 Å². The van der Waals surface area contributed by atoms with Gasteiger partial charge in [-0.1, -0.05) is 17.7 Å². The van der Waals surface area contributed by atoms with Crippen LogP contribution in [0.4, 0.5) is 24.5 Å². The Morgan fingerprint density at radius 1 is 1.07 bits per heavy atom. The van der Waals surface area contributed by atoms with Crippen molar-refractivity contribution in [2.45, 2.75) is 13.1 Å². The summed E-state index contributed by atoms with van der Waals surface area (Å²) < 4.78 is 43.5. The van der Waals surface area contributed by atoms with Crippen LogP contribution in [0.1, 0.15) is 12.5 Å². The average Bonchev–Trinajstić information content (AvgIpc) is 2.85. The lowest BCUT2D eigenvalue weighted by Gasteiger charge is -2.16. The molecule has 1 aliphatic heterocycles. The molecule has 0 aliphatic carbocycles. The van der Waals surface area contributed by atoms with Crippen LogP contribution in [0.3, 0.4) is 0 Å². The predicted molar refractivity (Wildman–Crippen MR) is 98.2 cm³/mol. The molecule has 3 rings (SSSR count). The number of benzene rings is 2. The van der Waals surface area contributed by atoms with Crippen LogP contribution < -0.4 is 15.0 Å². The molecular formula is C19H12ClF3N2O4. The minimum atomic E-state index is -4.57. The molecule has 0 saturated carbocycles. The summed E-state index contributed by atoms with van der Waals surface area (Å²) in [5.74, 6) is -2.01. The number of amides is 2. The van der Waals surface area contributed by atoms with Gasteiger partial charge in [-0.05, 0) is 42.5 Å². The number of hydrogen-bond donors (Lipinski definition) is 1. The Kier molecular flexibility index (Phi) is 5.34. The van der Waals surface area contributed by atoms with E-state index in [0.717, 1.165) is 23.1 Å². The number of imide groups is 1. The predicted octanol–water partition coefficient (Wildman–Crippen LogP) is 4.07. The number of hydrogen-bond acceptors (Lipinski definition) is 5. The Morgan fingerprint density at radius 3 is 2.31 bits per heavy atom. The molecule has 0 fully saturated rings. The Balaban J connectivity index is 1.85. The number of ether oxygens (including phenoxy) is 1. The van der Waals surface area contributed by atoms with Crippen LogP contribution in [0.2, 0.25) is 0 Å². The zero-order valence-corrected chi connectivity index (χ0v) is 15.5. The Labute approximate surface area is 167 Å². The number of anilines is 2. The molecule has 0 spiro atoms. The van der Waals surface area contributed by atoms with Crippen molar-refractivity contribution in [2.75, 3.05) is 10.2 Å². The first-order valence-corrected chi connectivity index (χ1v) is 8.47. The van der Waals surface area contributed by atoms with Gasteiger partial charge in [0.1, 0.15) is 16.5 Å². The molecule has 0 radical (unpaired) electrons. The number of nitrogens with one attached hydrogen (secondary N) is 1. The molecule has 0 atom stereocenters. The summed E-state index contributed by atoms with van der Waals surface area (Å²) in [5.41, 5.74) is -1.18. The van der Waals surface area contributed by atoms with Crippen molar-refractivity contribution in [1.29, 1.82) is 0 Å². The molecule has 2 aromatic carbocycles. The van der Waals surface area contributed by atoms with Gasteiger partial charge in [0, 0.05) is 12.6 Å². The standard InChI is InChI=1S/C19H12ClF3N2O4/c1-10(26)29-14-7-5-13(6-8-14)25-17(27)15(20)16(18(25)28)24-12-4-2-3-11(9-12)19(21,22)23/h2-9,24H,1H3. The summed E-state index contributed by atoms with van der Waals surface area (Å²) in [4.78, 5) is 36.8. The summed E-state index contributed by atoms with van der Waals surface area (Å²) in [7, 11) is 0. The van der Waals surface area contributed by atoms with Crippen LogP contribution in [0.5, 0.6) is 5.75 Å². The summed E-state index contributed by atoms with van der Waals surface area (Å²) >= 11 is 5.96. The van der Waals surface area contributed by atoms with Gasteiger partial charge in [-0.15, -0.1) is 0 Å². The van der Waals surface area contributed by atoms with E-state index in [-0.39, 0.29) is 22.8 Å².